The van der Waals surface area contributed by atoms with E-state index >= 15 is 0 Å². The van der Waals surface area contributed by atoms with E-state index in [4.69, 9.17) is 8.83 Å². The van der Waals surface area contributed by atoms with Gasteiger partial charge >= 0.3 is 0 Å². The van der Waals surface area contributed by atoms with Crippen LogP contribution in [0.1, 0.15) is 0 Å². The summed E-state index contributed by atoms with van der Waals surface area (Å²) < 4.78 is 13.0. The first-order valence-corrected chi connectivity index (χ1v) is 18.0. The minimum Gasteiger partial charge on any atom is -0.456 e. The first-order valence-electron chi connectivity index (χ1n) is 18.0. The average molecular weight is 678 g/mol. The van der Waals surface area contributed by atoms with Gasteiger partial charge in [0, 0.05) is 32.9 Å². The molecule has 0 amide bonds. The third-order valence-electron chi connectivity index (χ3n) is 10.6. The summed E-state index contributed by atoms with van der Waals surface area (Å²) in [6.07, 6.45) is 0. The molecule has 0 aliphatic rings. The maximum Gasteiger partial charge on any atom is 0.143 e. The van der Waals surface area contributed by atoms with Crippen molar-refractivity contribution in [3.63, 3.8) is 0 Å². The van der Waals surface area contributed by atoms with E-state index in [0.717, 1.165) is 83.0 Å². The monoisotopic (exact) mass is 677 g/mol. The first kappa shape index (κ1) is 29.6. The molecule has 53 heavy (non-hydrogen) atoms. The van der Waals surface area contributed by atoms with Crippen molar-refractivity contribution < 1.29 is 8.83 Å². The van der Waals surface area contributed by atoms with Crippen LogP contribution in [0.15, 0.2) is 197 Å². The van der Waals surface area contributed by atoms with Gasteiger partial charge < -0.3 is 13.7 Å². The van der Waals surface area contributed by atoms with Crippen molar-refractivity contribution in [1.82, 2.24) is 0 Å². The zero-order valence-corrected chi connectivity index (χ0v) is 28.7. The van der Waals surface area contributed by atoms with Gasteiger partial charge in [-0.1, -0.05) is 133 Å². The summed E-state index contributed by atoms with van der Waals surface area (Å²) in [6, 6.07) is 66.8. The third kappa shape index (κ3) is 4.68. The van der Waals surface area contributed by atoms with Gasteiger partial charge in [0.25, 0.3) is 0 Å². The molecule has 0 fully saturated rings. The van der Waals surface area contributed by atoms with Crippen LogP contribution in [0, 0.1) is 0 Å². The molecule has 0 saturated carbocycles. The molecule has 2 aromatic heterocycles. The van der Waals surface area contributed by atoms with Crippen molar-refractivity contribution in [1.29, 1.82) is 0 Å². The molecule has 0 bridgehead atoms. The van der Waals surface area contributed by atoms with E-state index in [-0.39, 0.29) is 0 Å². The third-order valence-corrected chi connectivity index (χ3v) is 10.6. The van der Waals surface area contributed by atoms with E-state index in [0.29, 0.717) is 0 Å². The molecule has 0 atom stereocenters. The molecular formula is C50H31NO2. The number of para-hydroxylation sites is 1. The molecule has 11 aromatic rings. The zero-order valence-electron chi connectivity index (χ0n) is 28.7. The number of rotatable bonds is 5. The summed E-state index contributed by atoms with van der Waals surface area (Å²) in [6.45, 7) is 0. The highest BCUT2D eigenvalue weighted by molar-refractivity contribution is 6.19. The molecule has 3 nitrogen and oxygen atoms in total. The van der Waals surface area contributed by atoms with Crippen molar-refractivity contribution in [3.05, 3.63) is 188 Å². The van der Waals surface area contributed by atoms with Gasteiger partial charge in [-0.15, -0.1) is 0 Å². The van der Waals surface area contributed by atoms with E-state index < -0.39 is 0 Å². The molecule has 0 saturated heterocycles. The number of hydrogen-bond acceptors (Lipinski definition) is 3. The van der Waals surface area contributed by atoms with Crippen LogP contribution in [0.2, 0.25) is 0 Å². The molecule has 0 unspecified atom stereocenters. The van der Waals surface area contributed by atoms with Gasteiger partial charge in [-0.2, -0.15) is 0 Å². The topological polar surface area (TPSA) is 29.5 Å². The number of anilines is 3. The Morgan fingerprint density at radius 1 is 0.340 bits per heavy atom. The van der Waals surface area contributed by atoms with E-state index in [9.17, 15) is 0 Å². The lowest BCUT2D eigenvalue weighted by Gasteiger charge is -2.27. The Kier molecular flexibility index (Phi) is 6.55. The average Bonchev–Trinajstić information content (AvgIpc) is 3.80. The van der Waals surface area contributed by atoms with Gasteiger partial charge in [-0.25, -0.2) is 0 Å². The molecule has 0 N–H and O–H groups in total. The molecule has 0 radical (unpaired) electrons. The van der Waals surface area contributed by atoms with Crippen LogP contribution in [0.25, 0.3) is 87.7 Å². The van der Waals surface area contributed by atoms with Crippen molar-refractivity contribution in [3.8, 4) is 22.3 Å². The summed E-state index contributed by atoms with van der Waals surface area (Å²) in [5.74, 6) is 0. The Bertz CT molecular complexity index is 3200. The van der Waals surface area contributed by atoms with Crippen molar-refractivity contribution in [2.75, 3.05) is 4.90 Å². The second kappa shape index (κ2) is 11.7. The Morgan fingerprint density at radius 3 is 1.72 bits per heavy atom. The number of hydrogen-bond donors (Lipinski definition) is 0. The van der Waals surface area contributed by atoms with E-state index in [1.165, 1.54) is 21.7 Å². The first-order chi connectivity index (χ1) is 26.3. The van der Waals surface area contributed by atoms with Crippen molar-refractivity contribution in [2.45, 2.75) is 0 Å². The van der Waals surface area contributed by atoms with Crippen LogP contribution in [0.4, 0.5) is 17.1 Å². The second-order valence-electron chi connectivity index (χ2n) is 13.7. The normalized spacial score (nSPS) is 11.8. The van der Waals surface area contributed by atoms with Gasteiger partial charge in [0.2, 0.25) is 0 Å². The van der Waals surface area contributed by atoms with Gasteiger partial charge in [0.05, 0.1) is 11.1 Å². The summed E-state index contributed by atoms with van der Waals surface area (Å²) in [5.41, 5.74) is 11.3. The fraction of sp³-hybridized carbons (Fsp3) is 0. The predicted molar refractivity (Wildman–Crippen MR) is 222 cm³/mol. The Balaban J connectivity index is 1.15. The Morgan fingerprint density at radius 2 is 0.906 bits per heavy atom. The van der Waals surface area contributed by atoms with Crippen LogP contribution in [-0.4, -0.2) is 0 Å². The summed E-state index contributed by atoms with van der Waals surface area (Å²) in [5, 5.41) is 9.17. The highest BCUT2D eigenvalue weighted by Crippen LogP contribution is 2.46. The van der Waals surface area contributed by atoms with Crippen LogP contribution in [0.3, 0.4) is 0 Å². The molecule has 3 heteroatoms. The maximum atomic E-state index is 6.59. The van der Waals surface area contributed by atoms with Crippen LogP contribution in [-0.2, 0) is 0 Å². The van der Waals surface area contributed by atoms with Crippen LogP contribution in [0.5, 0.6) is 0 Å². The quantitative estimate of drug-likeness (QED) is 0.182. The molecular weight excluding hydrogens is 647 g/mol. The fourth-order valence-electron chi connectivity index (χ4n) is 8.27. The van der Waals surface area contributed by atoms with Gasteiger partial charge in [0.1, 0.15) is 22.3 Å². The summed E-state index contributed by atoms with van der Waals surface area (Å²) in [4.78, 5) is 2.38. The highest BCUT2D eigenvalue weighted by Gasteiger charge is 2.21. The minimum absolute atomic E-state index is 0.858. The van der Waals surface area contributed by atoms with Gasteiger partial charge in [-0.3, -0.25) is 0 Å². The molecule has 0 aliphatic carbocycles. The largest absolute Gasteiger partial charge is 0.456 e. The Hall–Kier alpha value is -7.10. The lowest BCUT2D eigenvalue weighted by Crippen LogP contribution is -2.10. The maximum absolute atomic E-state index is 6.59. The number of benzene rings is 9. The smallest absolute Gasteiger partial charge is 0.143 e. The number of fused-ring (bicyclic) bond motifs is 9. The predicted octanol–water partition coefficient (Wildman–Crippen LogP) is 14.6. The number of nitrogens with zero attached hydrogens (tertiary/aromatic N) is 1. The summed E-state index contributed by atoms with van der Waals surface area (Å²) in [7, 11) is 0. The fourth-order valence-corrected chi connectivity index (χ4v) is 8.27. The number of furan rings is 2. The molecule has 2 heterocycles. The van der Waals surface area contributed by atoms with E-state index in [2.05, 4.69) is 181 Å². The zero-order chi connectivity index (χ0) is 34.9. The highest BCUT2D eigenvalue weighted by atomic mass is 16.3. The van der Waals surface area contributed by atoms with Crippen molar-refractivity contribution >= 4 is 82.5 Å². The lowest BCUT2D eigenvalue weighted by atomic mass is 9.96. The van der Waals surface area contributed by atoms with Gasteiger partial charge in [-0.05, 0) is 93.0 Å². The SMILES string of the molecule is c1cc(-c2cccc3ccccc23)cc(N(c2cccc(-c3cccc4oc5c6ccccc6ccc5c34)c2)c2cccc3oc4ccccc4c23)c1. The van der Waals surface area contributed by atoms with Crippen molar-refractivity contribution in [2.24, 2.45) is 0 Å². The van der Waals surface area contributed by atoms with E-state index in [1.807, 2.05) is 12.1 Å². The lowest BCUT2D eigenvalue weighted by molar-refractivity contribution is 0.669. The van der Waals surface area contributed by atoms with Crippen LogP contribution < -0.4 is 4.90 Å². The molecule has 11 rings (SSSR count). The molecule has 0 aliphatic heterocycles. The minimum atomic E-state index is 0.858. The van der Waals surface area contributed by atoms with E-state index in [1.54, 1.807) is 0 Å². The molecule has 0 spiro atoms. The molecule has 248 valence electrons. The molecule has 9 aromatic carbocycles. The Labute approximate surface area is 305 Å². The summed E-state index contributed by atoms with van der Waals surface area (Å²) >= 11 is 0. The second-order valence-corrected chi connectivity index (χ2v) is 13.7. The standard InChI is InChI=1S/C50H31NO2/c1-3-19-38-32(12-1)14-9-22-39(38)34-15-7-17-36(30-34)51(44-24-11-27-47-49(44)42-21-5-6-25-45(42)52-47)37-18-8-16-35(31-37)40-23-10-26-46-48(40)43-29-28-33-13-2-4-20-41(33)50(43)53-46/h1-31H. The van der Waals surface area contributed by atoms with Crippen LogP contribution >= 0.6 is 0 Å². The van der Waals surface area contributed by atoms with Gasteiger partial charge in [0.15, 0.2) is 0 Å².